The maximum Gasteiger partial charge on any atom is 0.135 e. The molecular formula is C62H43NO. The maximum absolute atomic E-state index is 6.10. The Labute approximate surface area is 373 Å². The van der Waals surface area contributed by atoms with Crippen LogP contribution >= 0.6 is 0 Å². The summed E-state index contributed by atoms with van der Waals surface area (Å²) in [6.45, 7) is 0. The summed E-state index contributed by atoms with van der Waals surface area (Å²) in [7, 11) is 0. The van der Waals surface area contributed by atoms with Crippen LogP contribution in [0.2, 0.25) is 0 Å². The molecule has 2 aliphatic carbocycles. The molecule has 64 heavy (non-hydrogen) atoms. The van der Waals surface area contributed by atoms with Gasteiger partial charge in [-0.25, -0.2) is 0 Å². The Bertz CT molecular complexity index is 3370. The Morgan fingerprint density at radius 3 is 1.66 bits per heavy atom. The topological polar surface area (TPSA) is 25.2 Å². The zero-order chi connectivity index (χ0) is 42.5. The number of para-hydroxylation sites is 1. The van der Waals surface area contributed by atoms with Gasteiger partial charge in [0.2, 0.25) is 0 Å². The molecule has 0 fully saturated rings. The van der Waals surface area contributed by atoms with Crippen molar-refractivity contribution in [1.29, 1.82) is 0 Å². The van der Waals surface area contributed by atoms with E-state index >= 15 is 0 Å². The van der Waals surface area contributed by atoms with Crippen molar-refractivity contribution in [3.8, 4) is 11.1 Å². The number of benzene rings is 9. The predicted octanol–water partition coefficient (Wildman–Crippen LogP) is 15.4. The molecule has 12 rings (SSSR count). The van der Waals surface area contributed by atoms with E-state index in [-0.39, 0.29) is 0 Å². The van der Waals surface area contributed by atoms with E-state index in [0.29, 0.717) is 0 Å². The van der Waals surface area contributed by atoms with E-state index in [1.54, 1.807) is 0 Å². The highest BCUT2D eigenvalue weighted by molar-refractivity contribution is 6.05. The summed E-state index contributed by atoms with van der Waals surface area (Å²) in [5.41, 5.74) is 18.0. The van der Waals surface area contributed by atoms with Crippen LogP contribution in [-0.2, 0) is 10.8 Å². The first-order valence-corrected chi connectivity index (χ1v) is 22.1. The number of fused-ring (bicyclic) bond motifs is 12. The van der Waals surface area contributed by atoms with Gasteiger partial charge in [0.1, 0.15) is 11.2 Å². The first kappa shape index (κ1) is 37.6. The lowest BCUT2D eigenvalue weighted by molar-refractivity contribution is 0.624. The van der Waals surface area contributed by atoms with Gasteiger partial charge in [0, 0.05) is 22.7 Å². The van der Waals surface area contributed by atoms with Crippen LogP contribution in [0.5, 0.6) is 0 Å². The van der Waals surface area contributed by atoms with Crippen molar-refractivity contribution in [2.75, 3.05) is 5.32 Å². The van der Waals surface area contributed by atoms with Gasteiger partial charge in [0.15, 0.2) is 0 Å². The Kier molecular flexibility index (Phi) is 8.98. The lowest BCUT2D eigenvalue weighted by Gasteiger charge is -2.50. The first-order valence-electron chi connectivity index (χ1n) is 22.1. The minimum atomic E-state index is -0.551. The zero-order valence-electron chi connectivity index (χ0n) is 35.2. The molecule has 0 atom stereocenters. The van der Waals surface area contributed by atoms with Crippen LogP contribution in [0.15, 0.2) is 253 Å². The Morgan fingerprint density at radius 2 is 0.969 bits per heavy atom. The van der Waals surface area contributed by atoms with Crippen LogP contribution in [0.25, 0.3) is 44.7 Å². The third-order valence-electron chi connectivity index (χ3n) is 13.5. The van der Waals surface area contributed by atoms with Gasteiger partial charge in [-0.05, 0) is 109 Å². The van der Waals surface area contributed by atoms with E-state index in [4.69, 9.17) is 4.42 Å². The molecular weight excluding hydrogens is 775 g/mol. The summed E-state index contributed by atoms with van der Waals surface area (Å²) in [6, 6.07) is 81.7. The second-order valence-corrected chi connectivity index (χ2v) is 16.8. The minimum Gasteiger partial charge on any atom is -0.456 e. The number of allylic oxidation sites excluding steroid dienone is 4. The first-order chi connectivity index (χ1) is 31.7. The van der Waals surface area contributed by atoms with Crippen molar-refractivity contribution in [3.63, 3.8) is 0 Å². The molecule has 9 aromatic carbocycles. The van der Waals surface area contributed by atoms with E-state index in [9.17, 15) is 0 Å². The highest BCUT2D eigenvalue weighted by Gasteiger charge is 2.56. The maximum atomic E-state index is 6.10. The fourth-order valence-electron chi connectivity index (χ4n) is 10.9. The molecule has 0 bridgehead atoms. The van der Waals surface area contributed by atoms with Gasteiger partial charge >= 0.3 is 0 Å². The average molecular weight is 818 g/mol. The Morgan fingerprint density at radius 1 is 0.422 bits per heavy atom. The SMILES string of the molecule is C(=C/c1ccc2oc3ccccc3c2c1)/C(=C\C=C\Nc1ccc2c(c1)C1(c3ccccc3-2)c2ccccc2C(c2ccccc2)(c2ccccc2)c2ccccc21)c1ccccc1. The Hall–Kier alpha value is -8.20. The summed E-state index contributed by atoms with van der Waals surface area (Å²) >= 11 is 0. The molecule has 2 heteroatoms. The molecule has 302 valence electrons. The highest BCUT2D eigenvalue weighted by Crippen LogP contribution is 2.64. The van der Waals surface area contributed by atoms with Gasteiger partial charge in [-0.1, -0.05) is 212 Å². The molecule has 1 N–H and O–H groups in total. The molecule has 2 nitrogen and oxygen atoms in total. The monoisotopic (exact) mass is 817 g/mol. The quantitative estimate of drug-likeness (QED) is 0.155. The second kappa shape index (κ2) is 15.3. The highest BCUT2D eigenvalue weighted by atomic mass is 16.3. The standard InChI is InChI=1S/C62H43NO/c1-4-19-44(20-5-1)45(36-34-43-35-39-60-52(41-43)51-27-11-17-33-59(51)64-60)21-18-40-63-48-37-38-50-49-26-10-12-28-53(49)62(58(50)42-48)56-31-15-13-29-54(56)61(46-22-6-2-7-23-46,47-24-8-3-9-25-47)55-30-14-16-32-57(55)62/h1-42,63H/b36-34-,40-18+,45-21+. The number of anilines is 1. The van der Waals surface area contributed by atoms with Crippen LogP contribution < -0.4 is 5.32 Å². The molecule has 0 amide bonds. The van der Waals surface area contributed by atoms with Crippen LogP contribution in [0, 0.1) is 0 Å². The number of rotatable bonds is 8. The smallest absolute Gasteiger partial charge is 0.135 e. The van der Waals surface area contributed by atoms with Gasteiger partial charge < -0.3 is 9.73 Å². The molecule has 2 aliphatic rings. The zero-order valence-corrected chi connectivity index (χ0v) is 35.2. The molecule has 0 aliphatic heterocycles. The summed E-state index contributed by atoms with van der Waals surface area (Å²) in [5.74, 6) is 0. The molecule has 0 radical (unpaired) electrons. The summed E-state index contributed by atoms with van der Waals surface area (Å²) in [5, 5.41) is 5.95. The van der Waals surface area contributed by atoms with Crippen molar-refractivity contribution >= 4 is 39.3 Å². The average Bonchev–Trinajstić information content (AvgIpc) is 3.88. The van der Waals surface area contributed by atoms with Crippen molar-refractivity contribution in [1.82, 2.24) is 0 Å². The largest absolute Gasteiger partial charge is 0.456 e. The van der Waals surface area contributed by atoms with Gasteiger partial charge in [-0.2, -0.15) is 0 Å². The second-order valence-electron chi connectivity index (χ2n) is 16.8. The molecule has 0 unspecified atom stereocenters. The van der Waals surface area contributed by atoms with Crippen LogP contribution in [-0.4, -0.2) is 0 Å². The van der Waals surface area contributed by atoms with Crippen LogP contribution in [0.3, 0.4) is 0 Å². The van der Waals surface area contributed by atoms with Crippen LogP contribution in [0.4, 0.5) is 5.69 Å². The van der Waals surface area contributed by atoms with E-state index in [0.717, 1.165) is 44.3 Å². The normalized spacial score (nSPS) is 14.5. The molecule has 0 saturated heterocycles. The van der Waals surface area contributed by atoms with Gasteiger partial charge in [-0.15, -0.1) is 0 Å². The van der Waals surface area contributed by atoms with Gasteiger partial charge in [0.05, 0.1) is 10.8 Å². The number of hydrogen-bond acceptors (Lipinski definition) is 2. The molecule has 1 heterocycles. The number of hydrogen-bond donors (Lipinski definition) is 1. The molecule has 0 saturated carbocycles. The van der Waals surface area contributed by atoms with Crippen molar-refractivity contribution < 1.29 is 4.42 Å². The summed E-state index contributed by atoms with van der Waals surface area (Å²) in [4.78, 5) is 0. The van der Waals surface area contributed by atoms with E-state index in [1.165, 1.54) is 55.6 Å². The molecule has 10 aromatic rings. The van der Waals surface area contributed by atoms with Crippen molar-refractivity contribution in [2.24, 2.45) is 0 Å². The van der Waals surface area contributed by atoms with Gasteiger partial charge in [0.25, 0.3) is 0 Å². The summed E-state index contributed by atoms with van der Waals surface area (Å²) < 4.78 is 6.10. The fourth-order valence-corrected chi connectivity index (χ4v) is 10.9. The van der Waals surface area contributed by atoms with E-state index in [2.05, 4.69) is 248 Å². The van der Waals surface area contributed by atoms with Gasteiger partial charge in [-0.3, -0.25) is 0 Å². The third kappa shape index (κ3) is 5.73. The Balaban J connectivity index is 0.963. The fraction of sp³-hybridized carbons (Fsp3) is 0.0323. The van der Waals surface area contributed by atoms with Crippen molar-refractivity contribution in [3.05, 3.63) is 305 Å². The third-order valence-corrected chi connectivity index (χ3v) is 13.5. The molecule has 1 spiro atoms. The van der Waals surface area contributed by atoms with Crippen molar-refractivity contribution in [2.45, 2.75) is 10.8 Å². The number of furan rings is 1. The summed E-state index contributed by atoms with van der Waals surface area (Å²) in [6.07, 6.45) is 10.7. The van der Waals surface area contributed by atoms with E-state index < -0.39 is 10.8 Å². The minimum absolute atomic E-state index is 0.533. The van der Waals surface area contributed by atoms with E-state index in [1.807, 2.05) is 12.1 Å². The predicted molar refractivity (Wildman–Crippen MR) is 266 cm³/mol. The van der Waals surface area contributed by atoms with Crippen LogP contribution in [0.1, 0.15) is 55.6 Å². The number of nitrogens with one attached hydrogen (secondary N) is 1. The lowest BCUT2D eigenvalue weighted by atomic mass is 9.51. The lowest BCUT2D eigenvalue weighted by Crippen LogP contribution is -2.44. The molecule has 1 aromatic heterocycles.